The lowest BCUT2D eigenvalue weighted by Crippen LogP contribution is -2.13. The lowest BCUT2D eigenvalue weighted by Gasteiger charge is -2.18. The highest BCUT2D eigenvalue weighted by molar-refractivity contribution is 6.33. The van der Waals surface area contributed by atoms with Gasteiger partial charge >= 0.3 is 5.97 Å². The van der Waals surface area contributed by atoms with Gasteiger partial charge in [-0.1, -0.05) is 41.9 Å². The van der Waals surface area contributed by atoms with Crippen LogP contribution in [0, 0.1) is 0 Å². The van der Waals surface area contributed by atoms with Crippen LogP contribution < -0.4 is 9.47 Å². The quantitative estimate of drug-likeness (QED) is 0.412. The number of hydrogen-bond donors (Lipinski definition) is 0. The van der Waals surface area contributed by atoms with E-state index < -0.39 is 5.97 Å². The molecule has 7 nitrogen and oxygen atoms in total. The second-order valence-corrected chi connectivity index (χ2v) is 5.99. The maximum absolute atomic E-state index is 12.4. The van der Waals surface area contributed by atoms with Crippen LogP contribution in [-0.4, -0.2) is 40.9 Å². The normalized spacial score (nSPS) is 10.6. The van der Waals surface area contributed by atoms with Crippen LogP contribution >= 0.6 is 11.6 Å². The van der Waals surface area contributed by atoms with Crippen LogP contribution in [0.1, 0.15) is 21.5 Å². The average molecular weight is 411 g/mol. The van der Waals surface area contributed by atoms with Gasteiger partial charge in [-0.25, -0.2) is 4.79 Å². The van der Waals surface area contributed by atoms with Gasteiger partial charge in [-0.3, -0.25) is 0 Å². The molecule has 0 bridgehead atoms. The first-order chi connectivity index (χ1) is 13.6. The van der Waals surface area contributed by atoms with Crippen molar-refractivity contribution >= 4 is 17.6 Å². The van der Waals surface area contributed by atoms with E-state index in [9.17, 15) is 4.79 Å². The summed E-state index contributed by atoms with van der Waals surface area (Å²) in [5.41, 5.74) is 1.53. The number of hydrogen-bond acceptors (Lipinski definition) is 7. The number of rotatable bonds is 11. The van der Waals surface area contributed by atoms with Crippen LogP contribution in [0.25, 0.3) is 0 Å². The molecule has 0 aromatic heterocycles. The molecule has 0 amide bonds. The summed E-state index contributed by atoms with van der Waals surface area (Å²) in [5, 5.41) is 0.218. The lowest BCUT2D eigenvalue weighted by atomic mass is 10.1. The molecule has 2 rings (SSSR count). The third-order valence-corrected chi connectivity index (χ3v) is 4.12. The van der Waals surface area contributed by atoms with Gasteiger partial charge in [-0.2, -0.15) is 0 Å². The van der Waals surface area contributed by atoms with Gasteiger partial charge in [0.2, 0.25) is 0 Å². The molecule has 0 saturated heterocycles. The first kappa shape index (κ1) is 22.0. The molecular formula is C20H23ClO7. The summed E-state index contributed by atoms with van der Waals surface area (Å²) in [5.74, 6) is -0.104. The van der Waals surface area contributed by atoms with Crippen molar-refractivity contribution in [2.75, 3.05) is 34.9 Å². The van der Waals surface area contributed by atoms with Gasteiger partial charge in [-0.15, -0.1) is 0 Å². The highest BCUT2D eigenvalue weighted by Gasteiger charge is 2.25. The summed E-state index contributed by atoms with van der Waals surface area (Å²) in [7, 11) is 4.24. The number of carbonyl (C=O) groups excluding carboxylic acids is 1. The number of benzene rings is 2. The Morgan fingerprint density at radius 1 is 0.929 bits per heavy atom. The minimum absolute atomic E-state index is 0.0225. The zero-order valence-corrected chi connectivity index (χ0v) is 16.8. The molecule has 0 aliphatic carbocycles. The standard InChI is InChI=1S/C20H23ClO7/c1-23-12-27-16-9-17(28-13-24-2)19(21)15(18(16)20(22)25-3)11-26-10-14-7-5-4-6-8-14/h4-9H,10-13H2,1-3H3. The zero-order chi connectivity index (χ0) is 20.4. The van der Waals surface area contributed by atoms with E-state index >= 15 is 0 Å². The monoisotopic (exact) mass is 410 g/mol. The molecule has 2 aromatic rings. The summed E-state index contributed by atoms with van der Waals surface area (Å²) >= 11 is 6.48. The smallest absolute Gasteiger partial charge is 0.342 e. The van der Waals surface area contributed by atoms with E-state index in [1.54, 1.807) is 0 Å². The van der Waals surface area contributed by atoms with E-state index in [-0.39, 0.29) is 36.5 Å². The second-order valence-electron chi connectivity index (χ2n) is 5.61. The molecule has 152 valence electrons. The first-order valence-corrected chi connectivity index (χ1v) is 8.79. The Morgan fingerprint density at radius 2 is 1.57 bits per heavy atom. The van der Waals surface area contributed by atoms with E-state index in [1.807, 2.05) is 30.3 Å². The molecule has 28 heavy (non-hydrogen) atoms. The third kappa shape index (κ3) is 5.84. The Hall–Kier alpha value is -2.32. The van der Waals surface area contributed by atoms with Crippen molar-refractivity contribution in [2.45, 2.75) is 13.2 Å². The van der Waals surface area contributed by atoms with Crippen LogP contribution in [0.5, 0.6) is 11.5 Å². The minimum Gasteiger partial charge on any atom is -0.467 e. The summed E-state index contributed by atoms with van der Waals surface area (Å²) in [6.45, 7) is 0.297. The van der Waals surface area contributed by atoms with Crippen molar-refractivity contribution in [3.8, 4) is 11.5 Å². The number of ether oxygens (including phenoxy) is 6. The fourth-order valence-electron chi connectivity index (χ4n) is 2.43. The zero-order valence-electron chi connectivity index (χ0n) is 16.0. The van der Waals surface area contributed by atoms with Gasteiger partial charge in [0.15, 0.2) is 13.6 Å². The van der Waals surface area contributed by atoms with E-state index in [0.717, 1.165) is 5.56 Å². The van der Waals surface area contributed by atoms with Crippen LogP contribution in [0.2, 0.25) is 5.02 Å². The maximum Gasteiger partial charge on any atom is 0.342 e. The molecule has 0 aliphatic heterocycles. The molecule has 0 radical (unpaired) electrons. The summed E-state index contributed by atoms with van der Waals surface area (Å²) in [6, 6.07) is 11.1. The molecule has 0 aliphatic rings. The van der Waals surface area contributed by atoms with Crippen molar-refractivity contribution in [3.63, 3.8) is 0 Å². The lowest BCUT2D eigenvalue weighted by molar-refractivity contribution is 0.0423. The molecular weight excluding hydrogens is 388 g/mol. The van der Waals surface area contributed by atoms with E-state index in [4.69, 9.17) is 40.0 Å². The Balaban J connectivity index is 2.37. The number of methoxy groups -OCH3 is 3. The molecule has 0 unspecified atom stereocenters. The van der Waals surface area contributed by atoms with Crippen LogP contribution in [0.4, 0.5) is 0 Å². The van der Waals surface area contributed by atoms with Crippen LogP contribution in [-0.2, 0) is 32.2 Å². The number of carbonyl (C=O) groups is 1. The molecule has 8 heteroatoms. The van der Waals surface area contributed by atoms with Crippen molar-refractivity contribution in [2.24, 2.45) is 0 Å². The Labute approximate surface area is 169 Å². The molecule has 0 heterocycles. The Kier molecular flexibility index (Phi) is 9.03. The Morgan fingerprint density at radius 3 is 2.18 bits per heavy atom. The molecule has 2 aromatic carbocycles. The van der Waals surface area contributed by atoms with E-state index in [1.165, 1.54) is 27.4 Å². The maximum atomic E-state index is 12.4. The van der Waals surface area contributed by atoms with Gasteiger partial charge in [-0.05, 0) is 5.56 Å². The summed E-state index contributed by atoms with van der Waals surface area (Å²) in [4.78, 5) is 12.4. The molecule has 0 spiro atoms. The average Bonchev–Trinajstić information content (AvgIpc) is 2.72. The highest BCUT2D eigenvalue weighted by atomic mass is 35.5. The molecule has 0 N–H and O–H groups in total. The third-order valence-electron chi connectivity index (χ3n) is 3.70. The topological polar surface area (TPSA) is 72.5 Å². The van der Waals surface area contributed by atoms with Crippen LogP contribution in [0.15, 0.2) is 36.4 Å². The van der Waals surface area contributed by atoms with Crippen LogP contribution in [0.3, 0.4) is 0 Å². The number of halogens is 1. The van der Waals surface area contributed by atoms with Crippen molar-refractivity contribution in [1.29, 1.82) is 0 Å². The highest BCUT2D eigenvalue weighted by Crippen LogP contribution is 2.38. The van der Waals surface area contributed by atoms with E-state index in [0.29, 0.717) is 17.9 Å². The predicted molar refractivity (Wildman–Crippen MR) is 103 cm³/mol. The van der Waals surface area contributed by atoms with E-state index in [2.05, 4.69) is 0 Å². The SMILES string of the molecule is COCOc1cc(OCOC)c(C(=O)OC)c(COCc2ccccc2)c1Cl. The van der Waals surface area contributed by atoms with Crippen molar-refractivity contribution < 1.29 is 33.2 Å². The Bertz CT molecular complexity index is 765. The molecule has 0 fully saturated rings. The molecule has 0 atom stereocenters. The summed E-state index contributed by atoms with van der Waals surface area (Å²) < 4.78 is 31.6. The second kappa shape index (κ2) is 11.5. The van der Waals surface area contributed by atoms with Gasteiger partial charge in [0.25, 0.3) is 0 Å². The minimum atomic E-state index is -0.607. The largest absolute Gasteiger partial charge is 0.467 e. The summed E-state index contributed by atoms with van der Waals surface area (Å²) in [6.07, 6.45) is 0. The molecule has 0 saturated carbocycles. The van der Waals surface area contributed by atoms with Gasteiger partial charge in [0.1, 0.15) is 17.1 Å². The fourth-order valence-corrected chi connectivity index (χ4v) is 2.69. The first-order valence-electron chi connectivity index (χ1n) is 8.41. The van der Waals surface area contributed by atoms with Gasteiger partial charge < -0.3 is 28.4 Å². The fraction of sp³-hybridized carbons (Fsp3) is 0.350. The predicted octanol–water partition coefficient (Wildman–Crippen LogP) is 3.81. The number of esters is 1. The van der Waals surface area contributed by atoms with Gasteiger partial charge in [0, 0.05) is 25.8 Å². The van der Waals surface area contributed by atoms with Gasteiger partial charge in [0.05, 0.1) is 25.3 Å². The van der Waals surface area contributed by atoms with Crippen molar-refractivity contribution in [3.05, 3.63) is 58.1 Å². The van der Waals surface area contributed by atoms with Crippen molar-refractivity contribution in [1.82, 2.24) is 0 Å².